The van der Waals surface area contributed by atoms with E-state index in [1.165, 1.54) is 25.3 Å². The minimum atomic E-state index is -3.75. The van der Waals surface area contributed by atoms with Gasteiger partial charge in [-0.15, -0.1) is 0 Å². The van der Waals surface area contributed by atoms with Gasteiger partial charge in [0.15, 0.2) is 0 Å². The number of hydrogen-bond donors (Lipinski definition) is 2. The van der Waals surface area contributed by atoms with Gasteiger partial charge < -0.3 is 9.88 Å². The third-order valence-electron chi connectivity index (χ3n) is 3.79. The van der Waals surface area contributed by atoms with Crippen LogP contribution < -0.4 is 10.5 Å². The van der Waals surface area contributed by atoms with Crippen molar-refractivity contribution < 1.29 is 13.2 Å². The van der Waals surface area contributed by atoms with Crippen molar-refractivity contribution >= 4 is 22.0 Å². The van der Waals surface area contributed by atoms with Gasteiger partial charge in [0.25, 0.3) is 5.91 Å². The molecule has 1 aromatic heterocycles. The van der Waals surface area contributed by atoms with Crippen LogP contribution in [0.3, 0.4) is 0 Å². The highest BCUT2D eigenvalue weighted by molar-refractivity contribution is 7.89. The number of nitrogens with two attached hydrogens (primary N) is 1. The van der Waals surface area contributed by atoms with Gasteiger partial charge in [-0.25, -0.2) is 13.6 Å². The molecule has 1 heterocycles. The number of hydrogen-bond acceptors (Lipinski definition) is 4. The Kier molecular flexibility index (Phi) is 5.11. The highest BCUT2D eigenvalue weighted by Crippen LogP contribution is 2.23. The summed E-state index contributed by atoms with van der Waals surface area (Å²) in [5, 5.41) is 16.7. The largest absolute Gasteiger partial charge is 0.354 e. The molecule has 0 spiro atoms. The summed E-state index contributed by atoms with van der Waals surface area (Å²) >= 11 is 0. The first kappa shape index (κ1) is 18.4. The van der Waals surface area contributed by atoms with Crippen LogP contribution >= 0.6 is 0 Å². The molecule has 7 nitrogen and oxygen atoms in total. The van der Waals surface area contributed by atoms with E-state index < -0.39 is 15.9 Å². The van der Waals surface area contributed by atoms with Crippen LogP contribution in [0.25, 0.3) is 11.8 Å². The standard InChI is InChI=1S/C17H18N4O3S/c1-11-8-13(9-14(10-18)17(22)20-3)12(2)21(11)15-4-6-16(7-5-15)25(19,23)24/h4-9H,1-3H3,(H,20,22)(H2,19,23,24)/b14-9+. The van der Waals surface area contributed by atoms with Crippen molar-refractivity contribution in [3.05, 3.63) is 52.9 Å². The van der Waals surface area contributed by atoms with Crippen LogP contribution in [-0.4, -0.2) is 25.9 Å². The maximum Gasteiger partial charge on any atom is 0.261 e. The minimum absolute atomic E-state index is 0.00678. The van der Waals surface area contributed by atoms with Gasteiger partial charge >= 0.3 is 0 Å². The number of rotatable bonds is 4. The highest BCUT2D eigenvalue weighted by atomic mass is 32.2. The Morgan fingerprint density at radius 1 is 1.28 bits per heavy atom. The molecule has 0 aliphatic rings. The van der Waals surface area contributed by atoms with Crippen LogP contribution in [-0.2, 0) is 14.8 Å². The number of nitrogens with zero attached hydrogens (tertiary/aromatic N) is 2. The van der Waals surface area contributed by atoms with Gasteiger partial charge in [-0.1, -0.05) is 0 Å². The molecule has 2 aromatic rings. The molecular formula is C17H18N4O3S. The number of carbonyl (C=O) groups excluding carboxylic acids is 1. The van der Waals surface area contributed by atoms with Crippen molar-refractivity contribution in [2.45, 2.75) is 18.7 Å². The second-order valence-electron chi connectivity index (χ2n) is 5.45. The molecule has 0 saturated carbocycles. The highest BCUT2D eigenvalue weighted by Gasteiger charge is 2.14. The van der Waals surface area contributed by atoms with E-state index in [-0.39, 0.29) is 10.5 Å². The summed E-state index contributed by atoms with van der Waals surface area (Å²) in [4.78, 5) is 11.7. The molecule has 1 aromatic carbocycles. The molecule has 0 aliphatic carbocycles. The number of carbonyl (C=O) groups is 1. The Bertz CT molecular complexity index is 994. The van der Waals surface area contributed by atoms with Crippen LogP contribution in [0.15, 0.2) is 40.8 Å². The summed E-state index contributed by atoms with van der Waals surface area (Å²) in [5.41, 5.74) is 3.18. The van der Waals surface area contributed by atoms with Gasteiger partial charge in [-0.2, -0.15) is 5.26 Å². The van der Waals surface area contributed by atoms with E-state index in [0.717, 1.165) is 22.6 Å². The number of benzene rings is 1. The second kappa shape index (κ2) is 6.93. The summed E-state index contributed by atoms with van der Waals surface area (Å²) in [7, 11) is -2.29. The van der Waals surface area contributed by atoms with Crippen molar-refractivity contribution in [1.29, 1.82) is 5.26 Å². The normalized spacial score (nSPS) is 11.9. The van der Waals surface area contributed by atoms with Crippen LogP contribution in [0.5, 0.6) is 0 Å². The van der Waals surface area contributed by atoms with E-state index in [2.05, 4.69) is 5.32 Å². The SMILES string of the molecule is CNC(=O)/C(C#N)=C/c1cc(C)n(-c2ccc(S(N)(=O)=O)cc2)c1C. The van der Waals surface area contributed by atoms with Crippen LogP contribution in [0.2, 0.25) is 0 Å². The zero-order valence-electron chi connectivity index (χ0n) is 14.1. The lowest BCUT2D eigenvalue weighted by Crippen LogP contribution is -2.19. The number of primary sulfonamides is 1. The smallest absolute Gasteiger partial charge is 0.261 e. The molecule has 0 atom stereocenters. The van der Waals surface area contributed by atoms with E-state index >= 15 is 0 Å². The lowest BCUT2D eigenvalue weighted by atomic mass is 10.1. The van der Waals surface area contributed by atoms with Crippen molar-refractivity contribution in [1.82, 2.24) is 9.88 Å². The van der Waals surface area contributed by atoms with Crippen molar-refractivity contribution in [3.63, 3.8) is 0 Å². The fourth-order valence-electron chi connectivity index (χ4n) is 2.55. The van der Waals surface area contributed by atoms with E-state index in [0.29, 0.717) is 0 Å². The second-order valence-corrected chi connectivity index (χ2v) is 7.01. The quantitative estimate of drug-likeness (QED) is 0.634. The first-order valence-electron chi connectivity index (χ1n) is 7.35. The molecule has 0 fully saturated rings. The number of nitriles is 1. The molecule has 0 radical (unpaired) electrons. The fraction of sp³-hybridized carbons (Fsp3) is 0.176. The van der Waals surface area contributed by atoms with Crippen LogP contribution in [0, 0.1) is 25.2 Å². The predicted octanol–water partition coefficient (Wildman–Crippen LogP) is 1.39. The minimum Gasteiger partial charge on any atom is -0.354 e. The molecule has 0 saturated heterocycles. The van der Waals surface area contributed by atoms with Gasteiger partial charge in [-0.3, -0.25) is 4.79 Å². The van der Waals surface area contributed by atoms with Crippen LogP contribution in [0.4, 0.5) is 0 Å². The van der Waals surface area contributed by atoms with Crippen molar-refractivity contribution in [2.24, 2.45) is 5.14 Å². The van der Waals surface area contributed by atoms with Gasteiger partial charge in [0.1, 0.15) is 11.6 Å². The number of nitrogens with one attached hydrogen (secondary N) is 1. The third kappa shape index (κ3) is 3.79. The number of likely N-dealkylation sites (N-methyl/N-ethyl adjacent to an activating group) is 1. The Morgan fingerprint density at radius 3 is 2.36 bits per heavy atom. The molecule has 0 unspecified atom stereocenters. The summed E-state index contributed by atoms with van der Waals surface area (Å²) in [6, 6.07) is 9.90. The molecule has 130 valence electrons. The fourth-order valence-corrected chi connectivity index (χ4v) is 3.07. The Hall–Kier alpha value is -2.89. The van der Waals surface area contributed by atoms with Crippen molar-refractivity contribution in [3.8, 4) is 11.8 Å². The Morgan fingerprint density at radius 2 is 1.88 bits per heavy atom. The third-order valence-corrected chi connectivity index (χ3v) is 4.71. The van der Waals surface area contributed by atoms with Gasteiger partial charge in [0, 0.05) is 24.1 Å². The monoisotopic (exact) mass is 358 g/mol. The summed E-state index contributed by atoms with van der Waals surface area (Å²) in [6.45, 7) is 3.73. The zero-order valence-corrected chi connectivity index (χ0v) is 14.9. The summed E-state index contributed by atoms with van der Waals surface area (Å²) in [5.74, 6) is -0.454. The summed E-state index contributed by atoms with van der Waals surface area (Å²) in [6.07, 6.45) is 1.52. The zero-order chi connectivity index (χ0) is 18.8. The topological polar surface area (TPSA) is 118 Å². The lowest BCUT2D eigenvalue weighted by Gasteiger charge is -2.10. The predicted molar refractivity (Wildman–Crippen MR) is 94.3 cm³/mol. The molecule has 0 bridgehead atoms. The van der Waals surface area contributed by atoms with E-state index in [4.69, 9.17) is 10.4 Å². The Labute approximate surface area is 146 Å². The number of sulfonamides is 1. The van der Waals surface area contributed by atoms with E-state index in [1.807, 2.05) is 30.6 Å². The van der Waals surface area contributed by atoms with Gasteiger partial charge in [-0.05, 0) is 55.8 Å². The summed E-state index contributed by atoms with van der Waals surface area (Å²) < 4.78 is 24.6. The average Bonchev–Trinajstić information content (AvgIpc) is 2.85. The van der Waals surface area contributed by atoms with Gasteiger partial charge in [0.2, 0.25) is 10.0 Å². The maximum absolute atomic E-state index is 11.7. The van der Waals surface area contributed by atoms with Crippen LogP contribution in [0.1, 0.15) is 17.0 Å². The van der Waals surface area contributed by atoms with E-state index in [9.17, 15) is 13.2 Å². The Balaban J connectivity index is 2.52. The molecule has 25 heavy (non-hydrogen) atoms. The maximum atomic E-state index is 11.7. The lowest BCUT2D eigenvalue weighted by molar-refractivity contribution is -0.116. The molecular weight excluding hydrogens is 340 g/mol. The number of amides is 1. The first-order valence-corrected chi connectivity index (χ1v) is 8.89. The number of aryl methyl sites for hydroxylation is 1. The molecule has 2 rings (SSSR count). The average molecular weight is 358 g/mol. The number of aromatic nitrogens is 1. The van der Waals surface area contributed by atoms with Gasteiger partial charge in [0.05, 0.1) is 4.90 Å². The van der Waals surface area contributed by atoms with E-state index in [1.54, 1.807) is 12.1 Å². The molecule has 1 amide bonds. The molecule has 3 N–H and O–H groups in total. The molecule has 8 heteroatoms. The first-order chi connectivity index (χ1) is 11.7. The molecule has 0 aliphatic heterocycles. The van der Waals surface area contributed by atoms with Crippen molar-refractivity contribution in [2.75, 3.05) is 7.05 Å².